The van der Waals surface area contributed by atoms with Crippen LogP contribution in [0.3, 0.4) is 0 Å². The first-order valence-electron chi connectivity index (χ1n) is 37.6. The number of anilines is 4. The lowest BCUT2D eigenvalue weighted by molar-refractivity contribution is -0.141. The molecule has 0 radical (unpaired) electrons. The smallest absolute Gasteiger partial charge is 0.326 e. The number of rotatable bonds is 63. The molecule has 4 heterocycles. The standard InChI is InChI=1S/C71H109N19O22/c91-57(75-24-10-8-15-53(66(108)109)78-71(112)79-54(67(110)111)22-23-58(92)93)17-7-5-3-1-2-4-6-11-28-83-38-40-88(41-39-83)70-81-68(80-69(82-70)77-52(65(106)107)16-9-12-29-87(43-55-73-26-32-89(55)48-63(102)103)44-56-74-27-33-90(56)49-64(104)105)76-51-20-18-50(19-21-51)14-13-30-84(45-60(96)97)34-36-86(47-62(100)101)37-35-85(46-61(98)99)31-25-72-42-59(94)95/h18-21,26-27,32-33,52-54,72H,1-17,22-25,28-31,34-49H2,(H,75,91)(H,92,93)(H,94,95)(H,96,97)(H,98,99)(H,100,101)(H,102,103)(H,104,105)(H,106,107)(H,108,109)(H,110,111)(H2,78,79,112)(H2,76,77,80,81,82)/t52-,53-,54-/m0/s1. The Morgan fingerprint density at radius 2 is 0.946 bits per heavy atom. The lowest BCUT2D eigenvalue weighted by atomic mass is 10.1. The number of unbranched alkanes of at least 4 members (excludes halogenated alkanes) is 9. The van der Waals surface area contributed by atoms with Crippen LogP contribution in [-0.2, 0) is 85.3 Å². The molecule has 0 unspecified atom stereocenters. The number of aryl methyl sites for hydroxylation is 1. The average Bonchev–Trinajstić information content (AvgIpc) is 1.05. The fourth-order valence-corrected chi connectivity index (χ4v) is 12.5. The lowest BCUT2D eigenvalue weighted by Gasteiger charge is -2.35. The molecule has 1 aliphatic heterocycles. The zero-order valence-corrected chi connectivity index (χ0v) is 63.0. The Bertz CT molecular complexity index is 3580. The third kappa shape index (κ3) is 38.7. The van der Waals surface area contributed by atoms with E-state index >= 15 is 0 Å². The quantitative estimate of drug-likeness (QED) is 0.0280. The number of hydrogen-bond donors (Lipinski definition) is 16. The molecule has 112 heavy (non-hydrogen) atoms. The molecule has 3 aromatic heterocycles. The van der Waals surface area contributed by atoms with Gasteiger partial charge in [0, 0.05) is 115 Å². The van der Waals surface area contributed by atoms with Crippen molar-refractivity contribution >= 4 is 95.2 Å². The number of carboxylic acids is 10. The van der Waals surface area contributed by atoms with Gasteiger partial charge in [-0.25, -0.2) is 29.1 Å². The van der Waals surface area contributed by atoms with Crippen molar-refractivity contribution in [1.82, 2.24) is 79.8 Å². The number of carbonyl (C=O) groups is 12. The summed E-state index contributed by atoms with van der Waals surface area (Å²) in [6.07, 6.45) is 16.1. The summed E-state index contributed by atoms with van der Waals surface area (Å²) in [5, 5.41) is 111. The number of carboxylic acid groups (broad SMARTS) is 10. The molecule has 1 saturated heterocycles. The van der Waals surface area contributed by atoms with E-state index in [1.165, 1.54) is 21.5 Å². The number of aliphatic carboxylic acids is 10. The van der Waals surface area contributed by atoms with Crippen molar-refractivity contribution in [2.75, 3.05) is 133 Å². The molecular weight excluding hydrogens is 1470 g/mol. The van der Waals surface area contributed by atoms with E-state index in [1.807, 2.05) is 34.1 Å². The van der Waals surface area contributed by atoms with E-state index in [1.54, 1.807) is 27.1 Å². The van der Waals surface area contributed by atoms with Crippen LogP contribution < -0.4 is 36.8 Å². The summed E-state index contributed by atoms with van der Waals surface area (Å²) in [6, 6.07) is 2.35. The monoisotopic (exact) mass is 1580 g/mol. The van der Waals surface area contributed by atoms with Gasteiger partial charge in [-0.2, -0.15) is 15.0 Å². The summed E-state index contributed by atoms with van der Waals surface area (Å²) in [7, 11) is 0. The number of hydrogen-bond acceptors (Lipinski definition) is 26. The number of urea groups is 1. The normalized spacial score (nSPS) is 13.2. The van der Waals surface area contributed by atoms with E-state index in [-0.39, 0.29) is 129 Å². The van der Waals surface area contributed by atoms with E-state index in [0.717, 1.165) is 57.1 Å². The van der Waals surface area contributed by atoms with Crippen molar-refractivity contribution in [3.8, 4) is 0 Å². The molecule has 0 bridgehead atoms. The van der Waals surface area contributed by atoms with Crippen LogP contribution in [0.25, 0.3) is 0 Å². The van der Waals surface area contributed by atoms with Gasteiger partial charge in [0.15, 0.2) is 0 Å². The van der Waals surface area contributed by atoms with Crippen molar-refractivity contribution < 1.29 is 109 Å². The van der Waals surface area contributed by atoms with Crippen LogP contribution in [0.4, 0.5) is 28.3 Å². The molecule has 0 aliphatic carbocycles. The average molecular weight is 1580 g/mol. The summed E-state index contributed by atoms with van der Waals surface area (Å²) in [5.74, 6) is -10.5. The van der Waals surface area contributed by atoms with Crippen LogP contribution in [-0.4, -0.2) is 317 Å². The predicted octanol–water partition coefficient (Wildman–Crippen LogP) is 1.67. The summed E-state index contributed by atoms with van der Waals surface area (Å²) in [4.78, 5) is 176. The van der Waals surface area contributed by atoms with Crippen LogP contribution in [0, 0.1) is 0 Å². The van der Waals surface area contributed by atoms with E-state index in [9.17, 15) is 98.4 Å². The first-order valence-corrected chi connectivity index (χ1v) is 37.6. The van der Waals surface area contributed by atoms with Crippen LogP contribution >= 0.6 is 0 Å². The van der Waals surface area contributed by atoms with Gasteiger partial charge < -0.3 is 97.0 Å². The molecule has 41 nitrogen and oxygen atoms in total. The highest BCUT2D eigenvalue weighted by molar-refractivity contribution is 5.86. The Morgan fingerprint density at radius 1 is 0.446 bits per heavy atom. The minimum Gasteiger partial charge on any atom is -0.481 e. The second kappa shape index (κ2) is 50.9. The molecule has 1 aliphatic rings. The summed E-state index contributed by atoms with van der Waals surface area (Å²) >= 11 is 0. The van der Waals surface area contributed by atoms with Crippen LogP contribution in [0.1, 0.15) is 133 Å². The summed E-state index contributed by atoms with van der Waals surface area (Å²) < 4.78 is 2.99. The van der Waals surface area contributed by atoms with Crippen molar-refractivity contribution in [1.29, 1.82) is 0 Å². The molecular formula is C71H109N19O22. The third-order valence-electron chi connectivity index (χ3n) is 18.3. The third-order valence-corrected chi connectivity index (χ3v) is 18.3. The first kappa shape index (κ1) is 91.9. The fraction of sp³-hybridized carbons (Fsp3) is 0.620. The van der Waals surface area contributed by atoms with E-state index in [4.69, 9.17) is 20.2 Å². The van der Waals surface area contributed by atoms with Crippen LogP contribution in [0.2, 0.25) is 0 Å². The number of imidazole rings is 2. The Hall–Kier alpha value is -10.7. The van der Waals surface area contributed by atoms with Crippen molar-refractivity contribution in [2.45, 2.75) is 166 Å². The zero-order valence-electron chi connectivity index (χ0n) is 63.0. The molecule has 4 aromatic rings. The number of piperazine rings is 1. The first-order chi connectivity index (χ1) is 53.6. The second-order valence-electron chi connectivity index (χ2n) is 27.3. The SMILES string of the molecule is O=C(O)CC[C@H](NC(=O)N[C@@H](CCCCNC(=O)CCCCCCCCCCN1CCN(c2nc(Nc3ccc(CCCN(CCN(CCN(CCNCC(=O)O)CC(=O)O)CC(=O)O)CC(=O)O)cc3)nc(N[C@@H](CCCCN(Cc3nccn3CC(=O)O)Cc3nccn3CC(=O)O)C(=O)O)n2)CC1)C(=O)O)C(=O)O. The van der Waals surface area contributed by atoms with Crippen molar-refractivity contribution in [2.24, 2.45) is 0 Å². The number of benzene rings is 1. The molecule has 1 fully saturated rings. The van der Waals surface area contributed by atoms with Gasteiger partial charge >= 0.3 is 65.7 Å². The molecule has 1 aromatic carbocycles. The Labute approximate surface area is 647 Å². The van der Waals surface area contributed by atoms with Gasteiger partial charge in [0.05, 0.1) is 39.3 Å². The molecule has 0 spiro atoms. The summed E-state index contributed by atoms with van der Waals surface area (Å²) in [6.45, 7) is 3.81. The number of nitrogens with one attached hydrogen (secondary N) is 6. The van der Waals surface area contributed by atoms with Gasteiger partial charge in [-0.15, -0.1) is 0 Å². The highest BCUT2D eigenvalue weighted by Crippen LogP contribution is 2.23. The zero-order chi connectivity index (χ0) is 81.7. The minimum atomic E-state index is -1.51. The second-order valence-corrected chi connectivity index (χ2v) is 27.3. The minimum absolute atomic E-state index is 0.00777. The van der Waals surface area contributed by atoms with E-state index < -0.39 is 90.3 Å². The van der Waals surface area contributed by atoms with Gasteiger partial charge in [0.1, 0.15) is 42.9 Å². The fourth-order valence-electron chi connectivity index (χ4n) is 12.5. The number of carbonyl (C=O) groups excluding carboxylic acids is 2. The molecule has 16 N–H and O–H groups in total. The number of aromatic nitrogens is 7. The predicted molar refractivity (Wildman–Crippen MR) is 402 cm³/mol. The maximum atomic E-state index is 13.0. The number of nitrogens with zero attached hydrogens (tertiary/aromatic N) is 13. The van der Waals surface area contributed by atoms with Crippen molar-refractivity contribution in [3.63, 3.8) is 0 Å². The largest absolute Gasteiger partial charge is 0.481 e. The molecule has 5 rings (SSSR count). The molecule has 0 saturated carbocycles. The number of amides is 3. The van der Waals surface area contributed by atoms with Gasteiger partial charge in [-0.1, -0.05) is 50.7 Å². The lowest BCUT2D eigenvalue weighted by Crippen LogP contribution is -2.51. The van der Waals surface area contributed by atoms with Crippen LogP contribution in [0.15, 0.2) is 49.1 Å². The molecule has 3 atom stereocenters. The Kier molecular flexibility index (Phi) is 41.8. The van der Waals surface area contributed by atoms with Crippen LogP contribution in [0.5, 0.6) is 0 Å². The van der Waals surface area contributed by atoms with Gasteiger partial charge in [-0.05, 0) is 108 Å². The van der Waals surface area contributed by atoms with Gasteiger partial charge in [0.25, 0.3) is 0 Å². The highest BCUT2D eigenvalue weighted by atomic mass is 16.4. The van der Waals surface area contributed by atoms with Crippen molar-refractivity contribution in [3.05, 3.63) is 66.3 Å². The maximum Gasteiger partial charge on any atom is 0.326 e. The highest BCUT2D eigenvalue weighted by Gasteiger charge is 2.28. The van der Waals surface area contributed by atoms with Gasteiger partial charge in [0.2, 0.25) is 23.8 Å². The van der Waals surface area contributed by atoms with E-state index in [2.05, 4.69) is 51.8 Å². The summed E-state index contributed by atoms with van der Waals surface area (Å²) in [5.41, 5.74) is 1.51. The molecule has 41 heteroatoms. The Balaban J connectivity index is 1.14. The Morgan fingerprint density at radius 3 is 1.48 bits per heavy atom. The molecule has 620 valence electrons. The maximum absolute atomic E-state index is 13.0. The molecule has 3 amide bonds. The van der Waals surface area contributed by atoms with E-state index in [0.29, 0.717) is 120 Å². The van der Waals surface area contributed by atoms with Gasteiger partial charge in [-0.3, -0.25) is 62.9 Å². The topological polar surface area (TPSA) is 573 Å².